The Morgan fingerprint density at radius 1 is 1.47 bits per heavy atom. The first-order chi connectivity index (χ1) is 8.15. The molecule has 4 heteroatoms. The summed E-state index contributed by atoms with van der Waals surface area (Å²) in [6, 6.07) is 4.33. The van der Waals surface area contributed by atoms with Crippen molar-refractivity contribution in [3.05, 3.63) is 39.7 Å². The molecule has 3 nitrogen and oxygen atoms in total. The Hall–Kier alpha value is -1.13. The number of furan rings is 1. The molecule has 2 aromatic rings. The van der Waals surface area contributed by atoms with E-state index in [0.29, 0.717) is 6.04 Å². The second-order valence-corrected chi connectivity index (χ2v) is 5.60. The highest BCUT2D eigenvalue weighted by molar-refractivity contribution is 7.11. The van der Waals surface area contributed by atoms with Crippen molar-refractivity contribution in [1.82, 2.24) is 10.3 Å². The molecule has 0 fully saturated rings. The standard InChI is InChI=1S/C13H18N2OS/c1-9(7-12-5-4-6-16-12)14-8-13-15-10(2)11(3)17-13/h4-6,9,14H,7-8H2,1-3H3. The summed E-state index contributed by atoms with van der Waals surface area (Å²) in [5.74, 6) is 1.02. The van der Waals surface area contributed by atoms with Gasteiger partial charge in [-0.05, 0) is 32.9 Å². The Labute approximate surface area is 106 Å². The zero-order valence-corrected chi connectivity index (χ0v) is 11.3. The van der Waals surface area contributed by atoms with Crippen molar-refractivity contribution in [2.45, 2.75) is 39.8 Å². The maximum Gasteiger partial charge on any atom is 0.107 e. The van der Waals surface area contributed by atoms with Gasteiger partial charge in [0.15, 0.2) is 0 Å². The fraction of sp³-hybridized carbons (Fsp3) is 0.462. The molecule has 0 aliphatic rings. The maximum atomic E-state index is 5.33. The highest BCUT2D eigenvalue weighted by Crippen LogP contribution is 2.16. The quantitative estimate of drug-likeness (QED) is 0.886. The number of aryl methyl sites for hydroxylation is 2. The summed E-state index contributed by atoms with van der Waals surface area (Å²) in [5.41, 5.74) is 1.14. The summed E-state index contributed by atoms with van der Waals surface area (Å²) in [5, 5.41) is 4.62. The zero-order chi connectivity index (χ0) is 12.3. The van der Waals surface area contributed by atoms with Crippen LogP contribution in [0.3, 0.4) is 0 Å². The first kappa shape index (κ1) is 12.3. The zero-order valence-electron chi connectivity index (χ0n) is 10.5. The lowest BCUT2D eigenvalue weighted by molar-refractivity contribution is 0.456. The molecular weight excluding hydrogens is 232 g/mol. The van der Waals surface area contributed by atoms with E-state index in [4.69, 9.17) is 4.42 Å². The summed E-state index contributed by atoms with van der Waals surface area (Å²) >= 11 is 1.77. The highest BCUT2D eigenvalue weighted by Gasteiger charge is 2.07. The molecule has 0 amide bonds. The fourth-order valence-electron chi connectivity index (χ4n) is 1.68. The largest absolute Gasteiger partial charge is 0.469 e. The third-order valence-electron chi connectivity index (χ3n) is 2.76. The lowest BCUT2D eigenvalue weighted by Crippen LogP contribution is -2.27. The van der Waals surface area contributed by atoms with Crippen LogP contribution in [0, 0.1) is 13.8 Å². The van der Waals surface area contributed by atoms with Crippen LogP contribution in [0.15, 0.2) is 22.8 Å². The average molecular weight is 250 g/mol. The molecule has 0 aliphatic carbocycles. The van der Waals surface area contributed by atoms with Crippen molar-refractivity contribution in [1.29, 1.82) is 0 Å². The molecule has 1 N–H and O–H groups in total. The van der Waals surface area contributed by atoms with E-state index in [-0.39, 0.29) is 0 Å². The van der Waals surface area contributed by atoms with Gasteiger partial charge in [-0.1, -0.05) is 0 Å². The van der Waals surface area contributed by atoms with Crippen LogP contribution in [-0.2, 0) is 13.0 Å². The molecule has 92 valence electrons. The molecule has 1 atom stereocenters. The average Bonchev–Trinajstić information content (AvgIpc) is 2.87. The molecule has 0 radical (unpaired) electrons. The molecule has 0 saturated heterocycles. The van der Waals surface area contributed by atoms with E-state index < -0.39 is 0 Å². The van der Waals surface area contributed by atoms with Crippen molar-refractivity contribution in [3.8, 4) is 0 Å². The summed E-state index contributed by atoms with van der Waals surface area (Å²) in [7, 11) is 0. The van der Waals surface area contributed by atoms with E-state index in [1.807, 2.05) is 12.1 Å². The highest BCUT2D eigenvalue weighted by atomic mass is 32.1. The van der Waals surface area contributed by atoms with Gasteiger partial charge in [0.25, 0.3) is 0 Å². The van der Waals surface area contributed by atoms with Gasteiger partial charge in [0, 0.05) is 23.9 Å². The predicted molar refractivity (Wildman–Crippen MR) is 70.3 cm³/mol. The van der Waals surface area contributed by atoms with Crippen LogP contribution in [0.1, 0.15) is 28.3 Å². The van der Waals surface area contributed by atoms with Crippen LogP contribution < -0.4 is 5.32 Å². The number of hydrogen-bond acceptors (Lipinski definition) is 4. The topological polar surface area (TPSA) is 38.1 Å². The van der Waals surface area contributed by atoms with Gasteiger partial charge in [-0.2, -0.15) is 0 Å². The predicted octanol–water partition coefficient (Wildman–Crippen LogP) is 3.07. The molecular formula is C13H18N2OS. The van der Waals surface area contributed by atoms with Crippen LogP contribution in [0.4, 0.5) is 0 Å². The fourth-order valence-corrected chi connectivity index (χ4v) is 2.56. The van der Waals surface area contributed by atoms with E-state index in [9.17, 15) is 0 Å². The molecule has 2 rings (SSSR count). The van der Waals surface area contributed by atoms with E-state index in [0.717, 1.165) is 29.4 Å². The molecule has 1 unspecified atom stereocenters. The van der Waals surface area contributed by atoms with Gasteiger partial charge in [-0.3, -0.25) is 0 Å². The Morgan fingerprint density at radius 2 is 2.29 bits per heavy atom. The Morgan fingerprint density at radius 3 is 2.88 bits per heavy atom. The molecule has 0 aliphatic heterocycles. The molecule has 0 saturated carbocycles. The van der Waals surface area contributed by atoms with Gasteiger partial charge in [0.1, 0.15) is 10.8 Å². The van der Waals surface area contributed by atoms with Crippen molar-refractivity contribution < 1.29 is 4.42 Å². The second-order valence-electron chi connectivity index (χ2n) is 4.31. The summed E-state index contributed by atoms with van der Waals surface area (Å²) in [6.07, 6.45) is 2.63. The van der Waals surface area contributed by atoms with E-state index in [1.54, 1.807) is 17.6 Å². The van der Waals surface area contributed by atoms with Crippen molar-refractivity contribution in [3.63, 3.8) is 0 Å². The molecule has 0 aromatic carbocycles. The summed E-state index contributed by atoms with van der Waals surface area (Å²) in [4.78, 5) is 5.82. The number of hydrogen-bond donors (Lipinski definition) is 1. The van der Waals surface area contributed by atoms with Crippen molar-refractivity contribution in [2.75, 3.05) is 0 Å². The number of aromatic nitrogens is 1. The van der Waals surface area contributed by atoms with E-state index >= 15 is 0 Å². The van der Waals surface area contributed by atoms with Crippen LogP contribution in [-0.4, -0.2) is 11.0 Å². The smallest absolute Gasteiger partial charge is 0.107 e. The molecule has 2 aromatic heterocycles. The van der Waals surface area contributed by atoms with Gasteiger partial charge in [0.2, 0.25) is 0 Å². The SMILES string of the molecule is Cc1nc(CNC(C)Cc2ccco2)sc1C. The number of thiazole rings is 1. The third kappa shape index (κ3) is 3.41. The monoisotopic (exact) mass is 250 g/mol. The van der Waals surface area contributed by atoms with E-state index in [1.165, 1.54) is 4.88 Å². The summed E-state index contributed by atoms with van der Waals surface area (Å²) < 4.78 is 5.33. The maximum absolute atomic E-state index is 5.33. The summed E-state index contributed by atoms with van der Waals surface area (Å²) in [6.45, 7) is 7.17. The van der Waals surface area contributed by atoms with Crippen LogP contribution in [0.25, 0.3) is 0 Å². The lowest BCUT2D eigenvalue weighted by atomic mass is 10.2. The molecule has 0 bridgehead atoms. The Kier molecular flexibility index (Phi) is 3.97. The minimum atomic E-state index is 0.394. The van der Waals surface area contributed by atoms with Gasteiger partial charge >= 0.3 is 0 Å². The number of nitrogens with one attached hydrogen (secondary N) is 1. The van der Waals surface area contributed by atoms with Gasteiger partial charge in [-0.25, -0.2) is 4.98 Å². The van der Waals surface area contributed by atoms with Gasteiger partial charge < -0.3 is 9.73 Å². The lowest BCUT2D eigenvalue weighted by Gasteiger charge is -2.10. The minimum Gasteiger partial charge on any atom is -0.469 e. The normalized spacial score (nSPS) is 12.9. The Balaban J connectivity index is 1.81. The Bertz CT molecular complexity index is 442. The second kappa shape index (κ2) is 5.47. The van der Waals surface area contributed by atoms with Crippen molar-refractivity contribution in [2.24, 2.45) is 0 Å². The van der Waals surface area contributed by atoms with Crippen LogP contribution >= 0.6 is 11.3 Å². The van der Waals surface area contributed by atoms with Gasteiger partial charge in [-0.15, -0.1) is 11.3 Å². The van der Waals surface area contributed by atoms with E-state index in [2.05, 4.69) is 31.1 Å². The third-order valence-corrected chi connectivity index (χ3v) is 3.83. The molecule has 17 heavy (non-hydrogen) atoms. The number of nitrogens with zero attached hydrogens (tertiary/aromatic N) is 1. The first-order valence-electron chi connectivity index (χ1n) is 5.84. The van der Waals surface area contributed by atoms with Gasteiger partial charge in [0.05, 0.1) is 12.0 Å². The number of rotatable bonds is 5. The molecule has 2 heterocycles. The van der Waals surface area contributed by atoms with Crippen LogP contribution in [0.5, 0.6) is 0 Å². The first-order valence-corrected chi connectivity index (χ1v) is 6.65. The molecule has 0 spiro atoms. The van der Waals surface area contributed by atoms with Crippen LogP contribution in [0.2, 0.25) is 0 Å². The van der Waals surface area contributed by atoms with Crippen molar-refractivity contribution >= 4 is 11.3 Å². The minimum absolute atomic E-state index is 0.394.